The van der Waals surface area contributed by atoms with Crippen molar-refractivity contribution in [1.82, 2.24) is 0 Å². The molecule has 0 N–H and O–H groups in total. The van der Waals surface area contributed by atoms with E-state index in [0.717, 1.165) is 12.5 Å². The van der Waals surface area contributed by atoms with Crippen molar-refractivity contribution in [3.05, 3.63) is 62.8 Å². The molecule has 0 aromatic rings. The van der Waals surface area contributed by atoms with E-state index in [2.05, 4.69) is 60.8 Å². The molecule has 3 aliphatic rings. The van der Waals surface area contributed by atoms with Crippen LogP contribution in [0.1, 0.15) is 41.5 Å². The van der Waals surface area contributed by atoms with Crippen molar-refractivity contribution in [2.45, 2.75) is 65.7 Å². The second kappa shape index (κ2) is 11.4. The van der Waals surface area contributed by atoms with E-state index < -0.39 is 8.07 Å². The Labute approximate surface area is 181 Å². The average molecular weight is 425 g/mol. The second-order valence-corrected chi connectivity index (χ2v) is 13.5. The standard InChI is InChI=1S/C18H30NOSi.C5H5.Fe/c1-7-21(8-2,9-3)15-12-10-11-14(15)17-19-16(13-20-17)18(4,5)6;1-2-4-5-3-1;/h10-12,16H,7-9,13H2,1-6H3;1-5H;/q;;+2/t16-;;/m1../s1. The van der Waals surface area contributed by atoms with Gasteiger partial charge in [-0.25, -0.2) is 4.99 Å². The monoisotopic (exact) mass is 425 g/mol. The number of hydrogen-bond donors (Lipinski definition) is 0. The first kappa shape index (κ1) is 25.2. The Balaban J connectivity index is 0.000000526. The fraction of sp³-hybridized carbons (Fsp3) is 0.522. The number of rotatable bonds is 5. The topological polar surface area (TPSA) is 21.6 Å². The van der Waals surface area contributed by atoms with Gasteiger partial charge in [0.05, 0.1) is 20.0 Å². The summed E-state index contributed by atoms with van der Waals surface area (Å²) >= 11 is 0. The third-order valence-electron chi connectivity index (χ3n) is 5.85. The van der Waals surface area contributed by atoms with Crippen molar-refractivity contribution in [2.24, 2.45) is 10.4 Å². The van der Waals surface area contributed by atoms with Crippen molar-refractivity contribution >= 4 is 14.0 Å². The average Bonchev–Trinajstić information content (AvgIpc) is 3.37. The minimum atomic E-state index is -1.38. The van der Waals surface area contributed by atoms with Crippen LogP contribution < -0.4 is 0 Å². The Morgan fingerprint density at radius 3 is 1.85 bits per heavy atom. The number of nitrogens with zero attached hydrogens (tertiary/aromatic N) is 1. The largest absolute Gasteiger partial charge is 2.00 e. The molecule has 1 heterocycles. The van der Waals surface area contributed by atoms with Gasteiger partial charge >= 0.3 is 17.1 Å². The van der Waals surface area contributed by atoms with Crippen molar-refractivity contribution in [3.8, 4) is 0 Å². The van der Waals surface area contributed by atoms with E-state index in [-0.39, 0.29) is 28.5 Å². The molecule has 1 atom stereocenters. The molecule has 2 nitrogen and oxygen atoms in total. The molecule has 2 aliphatic carbocycles. The summed E-state index contributed by atoms with van der Waals surface area (Å²) < 4.78 is 5.98. The Kier molecular flexibility index (Phi) is 10.7. The quantitative estimate of drug-likeness (QED) is 0.520. The molecule has 2 saturated carbocycles. The molecule has 0 amide bonds. The summed E-state index contributed by atoms with van der Waals surface area (Å²) in [6.07, 6.45) is 16.7. The zero-order valence-electron chi connectivity index (χ0n) is 17.7. The normalized spacial score (nSPS) is 24.1. The summed E-state index contributed by atoms with van der Waals surface area (Å²) in [6, 6.07) is 4.17. The zero-order chi connectivity index (χ0) is 19.2. The van der Waals surface area contributed by atoms with Gasteiger partial charge in [0.25, 0.3) is 0 Å². The van der Waals surface area contributed by atoms with Crippen molar-refractivity contribution in [3.63, 3.8) is 0 Å². The maximum atomic E-state index is 5.98. The molecule has 0 saturated heterocycles. The Morgan fingerprint density at radius 1 is 0.926 bits per heavy atom. The van der Waals surface area contributed by atoms with Crippen LogP contribution in [0.2, 0.25) is 18.1 Å². The first-order valence-corrected chi connectivity index (χ1v) is 12.6. The third kappa shape index (κ3) is 6.34. The summed E-state index contributed by atoms with van der Waals surface area (Å²) in [5.74, 6) is 2.17. The van der Waals surface area contributed by atoms with Crippen LogP contribution in [-0.4, -0.2) is 26.6 Å². The molecule has 2 fully saturated rings. The van der Waals surface area contributed by atoms with Crippen LogP contribution in [0.3, 0.4) is 0 Å². The minimum Gasteiger partial charge on any atom is -0.478 e. The number of ether oxygens (including phenoxy) is 1. The molecule has 0 spiro atoms. The SMILES string of the molecule is CC[Si](CC)(CC)[C]1[CH][CH][CH][C]1C1=N[C@@H](C(C)(C)C)CO1.[CH]1[CH][CH][CH][CH]1.[Fe+2]. The first-order chi connectivity index (χ1) is 12.4. The first-order valence-electron chi connectivity index (χ1n) is 10.0. The summed E-state index contributed by atoms with van der Waals surface area (Å²) in [4.78, 5) is 4.90. The predicted octanol–water partition coefficient (Wildman–Crippen LogP) is 5.67. The van der Waals surface area contributed by atoms with Gasteiger partial charge in [-0.3, -0.25) is 0 Å². The summed E-state index contributed by atoms with van der Waals surface area (Å²) in [6.45, 7) is 14.5. The van der Waals surface area contributed by atoms with Gasteiger partial charge in [0.15, 0.2) is 5.90 Å². The van der Waals surface area contributed by atoms with Crippen LogP contribution in [0.25, 0.3) is 0 Å². The Bertz CT molecular complexity index is 436. The minimum absolute atomic E-state index is 0. The maximum absolute atomic E-state index is 5.98. The van der Waals surface area contributed by atoms with Gasteiger partial charge in [-0.05, 0) is 62.3 Å². The van der Waals surface area contributed by atoms with E-state index >= 15 is 0 Å². The molecule has 0 aromatic heterocycles. The van der Waals surface area contributed by atoms with Crippen LogP contribution in [0, 0.1) is 68.2 Å². The van der Waals surface area contributed by atoms with E-state index in [1.54, 1.807) is 5.54 Å². The molecule has 0 bridgehead atoms. The summed E-state index contributed by atoms with van der Waals surface area (Å²) in [5.41, 5.74) is 1.73. The number of hydrogen-bond acceptors (Lipinski definition) is 2. The van der Waals surface area contributed by atoms with Crippen LogP contribution in [0.4, 0.5) is 0 Å². The van der Waals surface area contributed by atoms with E-state index in [9.17, 15) is 0 Å². The Morgan fingerprint density at radius 2 is 1.44 bits per heavy atom. The molecular formula is C23H35FeNOSi+2. The zero-order valence-corrected chi connectivity index (χ0v) is 19.8. The van der Waals surface area contributed by atoms with E-state index in [0.29, 0.717) is 0 Å². The van der Waals surface area contributed by atoms with Gasteiger partial charge < -0.3 is 4.74 Å². The molecule has 27 heavy (non-hydrogen) atoms. The fourth-order valence-electron chi connectivity index (χ4n) is 3.68. The molecule has 148 valence electrons. The van der Waals surface area contributed by atoms with Crippen LogP contribution in [0.15, 0.2) is 4.99 Å². The molecular weight excluding hydrogens is 390 g/mol. The summed E-state index contributed by atoms with van der Waals surface area (Å²) in [7, 11) is -1.38. The summed E-state index contributed by atoms with van der Waals surface area (Å²) in [5, 5.41) is 0. The smallest absolute Gasteiger partial charge is 0.478 e. The van der Waals surface area contributed by atoms with Gasteiger partial charge in [0.1, 0.15) is 6.61 Å². The van der Waals surface area contributed by atoms with Gasteiger partial charge in [-0.1, -0.05) is 59.7 Å². The van der Waals surface area contributed by atoms with E-state index in [1.807, 2.05) is 32.1 Å². The van der Waals surface area contributed by atoms with Gasteiger partial charge in [0, 0.05) is 0 Å². The van der Waals surface area contributed by atoms with Gasteiger partial charge in [-0.2, -0.15) is 0 Å². The molecule has 4 heteroatoms. The van der Waals surface area contributed by atoms with Crippen molar-refractivity contribution in [1.29, 1.82) is 0 Å². The van der Waals surface area contributed by atoms with Crippen molar-refractivity contribution in [2.75, 3.05) is 6.61 Å². The van der Waals surface area contributed by atoms with Crippen LogP contribution >= 0.6 is 0 Å². The van der Waals surface area contributed by atoms with E-state index in [1.165, 1.54) is 24.1 Å². The van der Waals surface area contributed by atoms with Gasteiger partial charge in [0.2, 0.25) is 0 Å². The van der Waals surface area contributed by atoms with Crippen molar-refractivity contribution < 1.29 is 21.8 Å². The molecule has 3 rings (SSSR count). The second-order valence-electron chi connectivity index (χ2n) is 8.28. The fourth-order valence-corrected chi connectivity index (χ4v) is 7.53. The maximum Gasteiger partial charge on any atom is 2.00 e. The molecule has 0 unspecified atom stereocenters. The number of aliphatic imine (C=N–C) groups is 1. The van der Waals surface area contributed by atoms with Crippen LogP contribution in [0.5, 0.6) is 0 Å². The predicted molar refractivity (Wildman–Crippen MR) is 115 cm³/mol. The Hall–Kier alpha value is 0.206. The van der Waals surface area contributed by atoms with Crippen LogP contribution in [-0.2, 0) is 21.8 Å². The van der Waals surface area contributed by atoms with Gasteiger partial charge in [-0.15, -0.1) is 0 Å². The van der Waals surface area contributed by atoms with E-state index in [4.69, 9.17) is 9.73 Å². The molecule has 10 radical (unpaired) electrons. The molecule has 1 aliphatic heterocycles. The molecule has 0 aromatic carbocycles. The third-order valence-corrected chi connectivity index (χ3v) is 11.5.